The second-order valence-electron chi connectivity index (χ2n) is 7.21. The average Bonchev–Trinajstić information content (AvgIpc) is 2.82. The highest BCUT2D eigenvalue weighted by molar-refractivity contribution is 8.04. The van der Waals surface area contributed by atoms with Crippen molar-refractivity contribution in [3.05, 3.63) is 93.3 Å². The van der Waals surface area contributed by atoms with E-state index in [1.165, 1.54) is 11.8 Å². The largest absolute Gasteiger partial charge is 0.496 e. The Hall–Kier alpha value is -3.22. The van der Waals surface area contributed by atoms with Crippen LogP contribution in [0.3, 0.4) is 0 Å². The molecule has 0 radical (unpaired) electrons. The summed E-state index contributed by atoms with van der Waals surface area (Å²) in [5.74, 6) is 0.366. The van der Waals surface area contributed by atoms with E-state index in [-0.39, 0.29) is 11.8 Å². The Labute approximate surface area is 196 Å². The molecular formula is C25H21ClN2O3S. The number of hydrogen-bond acceptors (Lipinski definition) is 4. The van der Waals surface area contributed by atoms with Gasteiger partial charge in [-0.15, -0.1) is 0 Å². The summed E-state index contributed by atoms with van der Waals surface area (Å²) in [5, 5.41) is 3.56. The van der Waals surface area contributed by atoms with Gasteiger partial charge in [0.1, 0.15) is 5.75 Å². The van der Waals surface area contributed by atoms with Crippen LogP contribution in [0.4, 0.5) is 5.69 Å². The number of nitrogens with zero attached hydrogens (tertiary/aromatic N) is 1. The molecule has 0 spiro atoms. The van der Waals surface area contributed by atoms with E-state index in [1.54, 1.807) is 43.3 Å². The summed E-state index contributed by atoms with van der Waals surface area (Å²) in [6.45, 7) is 0.391. The van der Waals surface area contributed by atoms with Crippen molar-refractivity contribution in [3.63, 3.8) is 0 Å². The van der Waals surface area contributed by atoms with Crippen molar-refractivity contribution in [2.75, 3.05) is 19.1 Å². The maximum Gasteiger partial charge on any atom is 0.264 e. The van der Waals surface area contributed by atoms with Crippen molar-refractivity contribution in [3.8, 4) is 5.75 Å². The Morgan fingerprint density at radius 1 is 1.12 bits per heavy atom. The van der Waals surface area contributed by atoms with Crippen LogP contribution in [0.15, 0.2) is 76.5 Å². The van der Waals surface area contributed by atoms with Crippen molar-refractivity contribution in [2.45, 2.75) is 11.4 Å². The molecule has 2 amide bonds. The zero-order valence-corrected chi connectivity index (χ0v) is 19.2. The van der Waals surface area contributed by atoms with E-state index in [1.807, 2.05) is 48.5 Å². The van der Waals surface area contributed by atoms with Gasteiger partial charge in [-0.1, -0.05) is 53.7 Å². The minimum Gasteiger partial charge on any atom is -0.496 e. The molecule has 32 heavy (non-hydrogen) atoms. The first-order valence-electron chi connectivity index (χ1n) is 9.93. The van der Waals surface area contributed by atoms with E-state index in [4.69, 9.17) is 16.3 Å². The Morgan fingerprint density at radius 3 is 2.62 bits per heavy atom. The highest BCUT2D eigenvalue weighted by Gasteiger charge is 2.27. The van der Waals surface area contributed by atoms with Crippen LogP contribution in [0, 0.1) is 0 Å². The number of para-hydroxylation sites is 1. The molecule has 162 valence electrons. The number of nitrogens with one attached hydrogen (secondary N) is 1. The Kier molecular flexibility index (Phi) is 6.53. The number of benzene rings is 3. The maximum atomic E-state index is 13.0. The molecule has 3 aromatic carbocycles. The summed E-state index contributed by atoms with van der Waals surface area (Å²) in [7, 11) is 3.32. The highest BCUT2D eigenvalue weighted by Crippen LogP contribution is 2.42. The highest BCUT2D eigenvalue weighted by atomic mass is 35.5. The predicted octanol–water partition coefficient (Wildman–Crippen LogP) is 5.39. The first kappa shape index (κ1) is 22.0. The fraction of sp³-hybridized carbons (Fsp3) is 0.120. The molecule has 3 aromatic rings. The maximum absolute atomic E-state index is 13.0. The molecule has 1 N–H and O–H groups in total. The lowest BCUT2D eigenvalue weighted by atomic mass is 10.1. The van der Waals surface area contributed by atoms with Crippen LogP contribution < -0.4 is 15.0 Å². The summed E-state index contributed by atoms with van der Waals surface area (Å²) in [5.41, 5.74) is 2.99. The summed E-state index contributed by atoms with van der Waals surface area (Å²) in [6, 6.07) is 20.3. The lowest BCUT2D eigenvalue weighted by Gasteiger charge is -2.27. The number of likely N-dealkylation sites (N-methyl/N-ethyl adjacent to an activating group) is 1. The molecule has 4 rings (SSSR count). The summed E-state index contributed by atoms with van der Waals surface area (Å²) < 4.78 is 5.39. The van der Waals surface area contributed by atoms with Crippen molar-refractivity contribution >= 4 is 46.9 Å². The molecule has 0 aliphatic carbocycles. The van der Waals surface area contributed by atoms with E-state index in [2.05, 4.69) is 5.32 Å². The van der Waals surface area contributed by atoms with Gasteiger partial charge in [-0.25, -0.2) is 0 Å². The van der Waals surface area contributed by atoms with Crippen molar-refractivity contribution in [2.24, 2.45) is 0 Å². The topological polar surface area (TPSA) is 58.6 Å². The van der Waals surface area contributed by atoms with Gasteiger partial charge < -0.3 is 15.0 Å². The van der Waals surface area contributed by atoms with Crippen LogP contribution in [0.1, 0.15) is 21.5 Å². The molecule has 1 aliphatic heterocycles. The zero-order valence-electron chi connectivity index (χ0n) is 17.6. The van der Waals surface area contributed by atoms with Crippen LogP contribution in [0.2, 0.25) is 5.02 Å². The first-order chi connectivity index (χ1) is 15.5. The number of amides is 2. The monoisotopic (exact) mass is 464 g/mol. The average molecular weight is 465 g/mol. The minimum absolute atomic E-state index is 0.132. The fourth-order valence-electron chi connectivity index (χ4n) is 3.35. The number of rotatable bonds is 5. The van der Waals surface area contributed by atoms with Crippen LogP contribution in [0.5, 0.6) is 5.75 Å². The SMILES string of the molecule is COc1ccccc1/C=C1/Sc2ccc(C(=O)NCc3ccc(Cl)cc3)cc2N(C)C1=O. The van der Waals surface area contributed by atoms with E-state index < -0.39 is 0 Å². The normalized spacial score (nSPS) is 14.3. The Morgan fingerprint density at radius 2 is 1.88 bits per heavy atom. The number of anilines is 1. The van der Waals surface area contributed by atoms with E-state index in [0.717, 1.165) is 16.0 Å². The number of fused-ring (bicyclic) bond motifs is 1. The van der Waals surface area contributed by atoms with Gasteiger partial charge in [0.25, 0.3) is 11.8 Å². The van der Waals surface area contributed by atoms with Gasteiger partial charge in [-0.05, 0) is 48.0 Å². The number of halogens is 1. The van der Waals surface area contributed by atoms with E-state index in [0.29, 0.717) is 33.5 Å². The number of methoxy groups -OCH3 is 1. The molecular weight excluding hydrogens is 444 g/mol. The van der Waals surface area contributed by atoms with E-state index >= 15 is 0 Å². The van der Waals surface area contributed by atoms with Crippen LogP contribution in [0.25, 0.3) is 6.08 Å². The van der Waals surface area contributed by atoms with Gasteiger partial charge >= 0.3 is 0 Å². The van der Waals surface area contributed by atoms with Gasteiger partial charge in [0, 0.05) is 34.6 Å². The van der Waals surface area contributed by atoms with Crippen molar-refractivity contribution < 1.29 is 14.3 Å². The predicted molar refractivity (Wildman–Crippen MR) is 129 cm³/mol. The van der Waals surface area contributed by atoms with Gasteiger partial charge in [-0.2, -0.15) is 0 Å². The van der Waals surface area contributed by atoms with Gasteiger partial charge in [-0.3, -0.25) is 9.59 Å². The van der Waals surface area contributed by atoms with E-state index in [9.17, 15) is 9.59 Å². The molecule has 0 unspecified atom stereocenters. The second kappa shape index (κ2) is 9.51. The quantitative estimate of drug-likeness (QED) is 0.514. The molecule has 0 bridgehead atoms. The van der Waals surface area contributed by atoms with Crippen LogP contribution in [-0.2, 0) is 11.3 Å². The lowest BCUT2D eigenvalue weighted by molar-refractivity contribution is -0.114. The fourth-order valence-corrected chi connectivity index (χ4v) is 4.56. The zero-order chi connectivity index (χ0) is 22.7. The smallest absolute Gasteiger partial charge is 0.264 e. The lowest BCUT2D eigenvalue weighted by Crippen LogP contribution is -2.31. The van der Waals surface area contributed by atoms with Crippen LogP contribution in [-0.4, -0.2) is 26.0 Å². The third-order valence-corrected chi connectivity index (χ3v) is 6.44. The Balaban J connectivity index is 1.54. The molecule has 7 heteroatoms. The second-order valence-corrected chi connectivity index (χ2v) is 8.73. The van der Waals surface area contributed by atoms with Gasteiger partial charge in [0.05, 0.1) is 17.7 Å². The third-order valence-electron chi connectivity index (χ3n) is 5.11. The number of hydrogen-bond donors (Lipinski definition) is 1. The molecule has 1 heterocycles. The van der Waals surface area contributed by atoms with Crippen molar-refractivity contribution in [1.29, 1.82) is 0 Å². The molecule has 0 fully saturated rings. The summed E-state index contributed by atoms with van der Waals surface area (Å²) in [4.78, 5) is 28.7. The van der Waals surface area contributed by atoms with Gasteiger partial charge in [0.15, 0.2) is 0 Å². The number of carbonyl (C=O) groups is 2. The molecule has 1 aliphatic rings. The Bertz CT molecular complexity index is 1210. The number of ether oxygens (including phenoxy) is 1. The molecule has 0 saturated heterocycles. The summed E-state index contributed by atoms with van der Waals surface area (Å²) in [6.07, 6.45) is 1.83. The van der Waals surface area contributed by atoms with Crippen molar-refractivity contribution in [1.82, 2.24) is 5.32 Å². The standard InChI is InChI=1S/C25H21ClN2O3S/c1-28-20-13-18(24(29)27-15-16-7-10-19(26)11-8-16)9-12-22(20)32-23(25(28)30)14-17-5-3-4-6-21(17)31-2/h3-14H,15H2,1-2H3,(H,27,29)/b23-14+. The number of thioether (sulfide) groups is 1. The van der Waals surface area contributed by atoms with Crippen LogP contribution >= 0.6 is 23.4 Å². The molecule has 0 atom stereocenters. The first-order valence-corrected chi connectivity index (χ1v) is 11.1. The number of carbonyl (C=O) groups excluding carboxylic acids is 2. The summed E-state index contributed by atoms with van der Waals surface area (Å²) >= 11 is 7.29. The minimum atomic E-state index is -0.205. The molecule has 0 aromatic heterocycles. The van der Waals surface area contributed by atoms with Gasteiger partial charge in [0.2, 0.25) is 0 Å². The molecule has 5 nitrogen and oxygen atoms in total. The third kappa shape index (κ3) is 4.66. The molecule has 0 saturated carbocycles.